The first-order chi connectivity index (χ1) is 16.4. The molecule has 0 atom stereocenters. The normalized spacial score (nSPS) is 9.94. The highest BCUT2D eigenvalue weighted by atomic mass is 32.1. The lowest BCUT2D eigenvalue weighted by Crippen LogP contribution is -1.85. The van der Waals surface area contributed by atoms with Gasteiger partial charge in [-0.3, -0.25) is 0 Å². The van der Waals surface area contributed by atoms with E-state index in [0.29, 0.717) is 0 Å². The van der Waals surface area contributed by atoms with Gasteiger partial charge >= 0.3 is 0 Å². The molecule has 0 N–H and O–H groups in total. The predicted octanol–water partition coefficient (Wildman–Crippen LogP) is 7.88. The zero-order valence-corrected chi connectivity index (χ0v) is 18.8. The molecule has 0 unspecified atom stereocenters. The minimum atomic E-state index is 0.984. The van der Waals surface area contributed by atoms with Crippen molar-refractivity contribution in [2.24, 2.45) is 0 Å². The van der Waals surface area contributed by atoms with Gasteiger partial charge in [0, 0.05) is 11.1 Å². The summed E-state index contributed by atoms with van der Waals surface area (Å²) in [5.74, 6) is 13.7. The van der Waals surface area contributed by atoms with Gasteiger partial charge in [-0.15, -0.1) is 11.3 Å². The third-order valence-corrected chi connectivity index (χ3v) is 6.48. The first-order valence-electron chi connectivity index (χ1n) is 10.8. The number of benzene rings is 4. The van der Waals surface area contributed by atoms with Crippen molar-refractivity contribution in [3.05, 3.63) is 144 Å². The monoisotopic (exact) mass is 436 g/mol. The van der Waals surface area contributed by atoms with E-state index in [0.717, 1.165) is 43.1 Å². The van der Waals surface area contributed by atoms with Crippen LogP contribution in [0.3, 0.4) is 0 Å². The van der Waals surface area contributed by atoms with E-state index in [1.807, 2.05) is 72.8 Å². The summed E-state index contributed by atoms with van der Waals surface area (Å²) in [6.45, 7) is 0. The van der Waals surface area contributed by atoms with E-state index in [1.54, 1.807) is 11.3 Å². The molecule has 1 aromatic heterocycles. The van der Waals surface area contributed by atoms with Crippen molar-refractivity contribution in [2.75, 3.05) is 0 Å². The fraction of sp³-hybridized carbons (Fsp3) is 0. The maximum Gasteiger partial charge on any atom is 0.0598 e. The van der Waals surface area contributed by atoms with Gasteiger partial charge < -0.3 is 0 Å². The highest BCUT2D eigenvalue weighted by Gasteiger charge is 2.18. The van der Waals surface area contributed by atoms with Crippen molar-refractivity contribution in [1.82, 2.24) is 0 Å². The zero-order chi connectivity index (χ0) is 22.3. The van der Waals surface area contributed by atoms with E-state index < -0.39 is 0 Å². The smallest absolute Gasteiger partial charge is 0.0598 e. The number of hydrogen-bond donors (Lipinski definition) is 0. The van der Waals surface area contributed by atoms with E-state index in [2.05, 4.69) is 72.2 Å². The lowest BCUT2D eigenvalue weighted by Gasteiger charge is -1.99. The predicted molar refractivity (Wildman–Crippen MR) is 140 cm³/mol. The topological polar surface area (TPSA) is 0 Å². The third kappa shape index (κ3) is 4.81. The third-order valence-electron chi connectivity index (χ3n) is 5.19. The SMILES string of the molecule is C(#Cc1c(-c2ccccc2)sc(-c2ccccc2)c1C#Cc1ccccc1)c1ccccc1. The Hall–Kier alpha value is -4.30. The second-order valence-corrected chi connectivity index (χ2v) is 8.50. The average Bonchev–Trinajstić information content (AvgIpc) is 3.27. The Morgan fingerprint density at radius 1 is 0.364 bits per heavy atom. The van der Waals surface area contributed by atoms with Crippen LogP contribution in [0.2, 0.25) is 0 Å². The van der Waals surface area contributed by atoms with E-state index in [1.165, 1.54) is 0 Å². The standard InChI is InChI=1S/C32H20S/c1-5-13-25(14-6-1)21-23-29-30(24-22-26-15-7-2-8-16-26)32(28-19-11-4-12-20-28)33-31(29)27-17-9-3-10-18-27/h1-20H. The highest BCUT2D eigenvalue weighted by molar-refractivity contribution is 7.19. The summed E-state index contributed by atoms with van der Waals surface area (Å²) in [5.41, 5.74) is 6.26. The Kier molecular flexibility index (Phi) is 6.17. The maximum atomic E-state index is 3.48. The summed E-state index contributed by atoms with van der Waals surface area (Å²) in [6, 6.07) is 41.2. The van der Waals surface area contributed by atoms with Gasteiger partial charge in [-0.25, -0.2) is 0 Å². The summed E-state index contributed by atoms with van der Waals surface area (Å²) in [5, 5.41) is 0. The van der Waals surface area contributed by atoms with Gasteiger partial charge in [0.05, 0.1) is 20.9 Å². The second kappa shape index (κ2) is 9.88. The Morgan fingerprint density at radius 3 is 1.06 bits per heavy atom. The van der Waals surface area contributed by atoms with Crippen molar-refractivity contribution in [2.45, 2.75) is 0 Å². The molecule has 0 saturated carbocycles. The van der Waals surface area contributed by atoms with Crippen LogP contribution in [0.15, 0.2) is 121 Å². The molecule has 0 saturated heterocycles. The molecule has 0 aliphatic carbocycles. The first kappa shape index (κ1) is 20.6. The van der Waals surface area contributed by atoms with Crippen molar-refractivity contribution in [3.63, 3.8) is 0 Å². The molecule has 5 aromatic rings. The molecule has 4 aromatic carbocycles. The van der Waals surface area contributed by atoms with Gasteiger partial charge in [0.25, 0.3) is 0 Å². The minimum Gasteiger partial charge on any atom is -0.132 e. The van der Waals surface area contributed by atoms with Gasteiger partial charge in [-0.2, -0.15) is 0 Å². The number of hydrogen-bond acceptors (Lipinski definition) is 1. The largest absolute Gasteiger partial charge is 0.132 e. The minimum absolute atomic E-state index is 0.984. The summed E-state index contributed by atoms with van der Waals surface area (Å²) in [6.07, 6.45) is 0. The van der Waals surface area contributed by atoms with Crippen LogP contribution in [0.5, 0.6) is 0 Å². The molecule has 0 fully saturated rings. The maximum absolute atomic E-state index is 3.48. The van der Waals surface area contributed by atoms with Crippen LogP contribution in [-0.2, 0) is 0 Å². The Labute approximate surface area is 199 Å². The molecule has 0 aliphatic heterocycles. The van der Waals surface area contributed by atoms with Gasteiger partial charge in [-0.05, 0) is 35.4 Å². The van der Waals surface area contributed by atoms with Gasteiger partial charge in [0.15, 0.2) is 0 Å². The Morgan fingerprint density at radius 2 is 0.697 bits per heavy atom. The van der Waals surface area contributed by atoms with Crippen LogP contribution in [0.4, 0.5) is 0 Å². The molecule has 0 bridgehead atoms. The van der Waals surface area contributed by atoms with Gasteiger partial charge in [-0.1, -0.05) is 121 Å². The average molecular weight is 437 g/mol. The van der Waals surface area contributed by atoms with Crippen LogP contribution in [0, 0.1) is 23.7 Å². The zero-order valence-electron chi connectivity index (χ0n) is 18.0. The van der Waals surface area contributed by atoms with Crippen LogP contribution >= 0.6 is 11.3 Å². The first-order valence-corrected chi connectivity index (χ1v) is 11.6. The van der Waals surface area contributed by atoms with E-state index in [4.69, 9.17) is 0 Å². The van der Waals surface area contributed by atoms with Crippen molar-refractivity contribution in [1.29, 1.82) is 0 Å². The molecule has 0 radical (unpaired) electrons. The van der Waals surface area contributed by atoms with Crippen LogP contribution < -0.4 is 0 Å². The molecular weight excluding hydrogens is 416 g/mol. The molecule has 1 heteroatoms. The summed E-state index contributed by atoms with van der Waals surface area (Å²) in [7, 11) is 0. The quantitative estimate of drug-likeness (QED) is 0.247. The molecular formula is C32H20S. The fourth-order valence-electron chi connectivity index (χ4n) is 3.57. The molecule has 1 heterocycles. The molecule has 154 valence electrons. The molecule has 0 amide bonds. The van der Waals surface area contributed by atoms with E-state index in [-0.39, 0.29) is 0 Å². The Bertz CT molecular complexity index is 1360. The molecule has 0 nitrogen and oxygen atoms in total. The van der Waals surface area contributed by atoms with Crippen molar-refractivity contribution in [3.8, 4) is 44.6 Å². The van der Waals surface area contributed by atoms with Crippen LogP contribution in [0.25, 0.3) is 20.9 Å². The van der Waals surface area contributed by atoms with E-state index >= 15 is 0 Å². The van der Waals surface area contributed by atoms with Crippen molar-refractivity contribution >= 4 is 11.3 Å². The lowest BCUT2D eigenvalue weighted by atomic mass is 10.0. The van der Waals surface area contributed by atoms with Gasteiger partial charge in [0.2, 0.25) is 0 Å². The summed E-state index contributed by atoms with van der Waals surface area (Å²) >= 11 is 1.76. The number of thiophene rings is 1. The lowest BCUT2D eigenvalue weighted by molar-refractivity contribution is 1.62. The summed E-state index contributed by atoms with van der Waals surface area (Å²) in [4.78, 5) is 2.30. The molecule has 0 spiro atoms. The fourth-order valence-corrected chi connectivity index (χ4v) is 4.79. The Balaban J connectivity index is 1.76. The molecule has 33 heavy (non-hydrogen) atoms. The highest BCUT2D eigenvalue weighted by Crippen LogP contribution is 2.41. The van der Waals surface area contributed by atoms with E-state index in [9.17, 15) is 0 Å². The molecule has 5 rings (SSSR count). The van der Waals surface area contributed by atoms with Crippen LogP contribution in [0.1, 0.15) is 22.3 Å². The summed E-state index contributed by atoms with van der Waals surface area (Å²) < 4.78 is 0. The van der Waals surface area contributed by atoms with Gasteiger partial charge in [0.1, 0.15) is 0 Å². The second-order valence-electron chi connectivity index (χ2n) is 7.47. The number of rotatable bonds is 2. The molecule has 0 aliphatic rings. The van der Waals surface area contributed by atoms with Crippen LogP contribution in [-0.4, -0.2) is 0 Å². The van der Waals surface area contributed by atoms with Crippen molar-refractivity contribution < 1.29 is 0 Å².